The van der Waals surface area contributed by atoms with E-state index in [1.54, 1.807) is 24.3 Å². The summed E-state index contributed by atoms with van der Waals surface area (Å²) in [6.45, 7) is 1.84. The number of carbonyl (C=O) groups is 1. The van der Waals surface area contributed by atoms with E-state index in [2.05, 4.69) is 5.32 Å². The topological polar surface area (TPSA) is 49.3 Å². The average molecular weight is 276 g/mol. The number of phenols is 1. The predicted octanol–water partition coefficient (Wildman–Crippen LogP) is 3.94. The predicted molar refractivity (Wildman–Crippen MR) is 76.8 cm³/mol. The van der Waals surface area contributed by atoms with Crippen molar-refractivity contribution >= 4 is 23.2 Å². The Morgan fingerprint density at radius 3 is 2.47 bits per heavy atom. The number of amides is 1. The highest BCUT2D eigenvalue weighted by atomic mass is 35.5. The molecule has 0 aromatic heterocycles. The summed E-state index contributed by atoms with van der Waals surface area (Å²) in [4.78, 5) is 12.1. The van der Waals surface area contributed by atoms with Crippen LogP contribution in [0.5, 0.6) is 5.75 Å². The summed E-state index contributed by atoms with van der Waals surface area (Å²) < 4.78 is 0. The largest absolute Gasteiger partial charge is 0.507 e. The molecule has 0 saturated carbocycles. The summed E-state index contributed by atoms with van der Waals surface area (Å²) in [7, 11) is 0. The van der Waals surface area contributed by atoms with E-state index in [0.29, 0.717) is 5.69 Å². The number of halogens is 1. The number of nitrogens with one attached hydrogen (secondary N) is 1. The summed E-state index contributed by atoms with van der Waals surface area (Å²) >= 11 is 6.07. The van der Waals surface area contributed by atoms with Crippen LogP contribution in [0.4, 0.5) is 5.69 Å². The molecular weight excluding hydrogens is 262 g/mol. The first-order chi connectivity index (χ1) is 9.09. The van der Waals surface area contributed by atoms with Gasteiger partial charge in [-0.1, -0.05) is 30.3 Å². The van der Waals surface area contributed by atoms with Crippen molar-refractivity contribution in [2.45, 2.75) is 12.3 Å². The molecule has 2 N–H and O–H groups in total. The van der Waals surface area contributed by atoms with Crippen molar-refractivity contribution in [3.8, 4) is 5.75 Å². The van der Waals surface area contributed by atoms with Crippen molar-refractivity contribution in [3.05, 3.63) is 59.7 Å². The Morgan fingerprint density at radius 2 is 1.79 bits per heavy atom. The standard InChI is InChI=1S/C15H14ClNO2/c1-10(16)11-6-2-4-8-13(11)17-15(19)12-7-3-5-9-14(12)18/h2-10,18H,1H3,(H,17,19). The minimum Gasteiger partial charge on any atom is -0.507 e. The first-order valence-electron chi connectivity index (χ1n) is 5.92. The molecule has 2 aromatic carbocycles. The minimum absolute atomic E-state index is 0.0450. The van der Waals surface area contributed by atoms with Crippen LogP contribution in [0.2, 0.25) is 0 Å². The van der Waals surface area contributed by atoms with Gasteiger partial charge in [-0.05, 0) is 30.7 Å². The highest BCUT2D eigenvalue weighted by Crippen LogP contribution is 2.28. The third-order valence-electron chi connectivity index (χ3n) is 2.79. The molecule has 0 saturated heterocycles. The molecule has 1 amide bonds. The number of rotatable bonds is 3. The number of alkyl halides is 1. The first kappa shape index (κ1) is 13.4. The van der Waals surface area contributed by atoms with Gasteiger partial charge < -0.3 is 10.4 Å². The second-order valence-corrected chi connectivity index (χ2v) is 4.83. The van der Waals surface area contributed by atoms with Crippen LogP contribution in [0.15, 0.2) is 48.5 Å². The Labute approximate surface area is 116 Å². The van der Waals surface area contributed by atoms with Gasteiger partial charge in [0.1, 0.15) is 5.75 Å². The van der Waals surface area contributed by atoms with Crippen molar-refractivity contribution in [1.29, 1.82) is 0 Å². The van der Waals surface area contributed by atoms with Crippen LogP contribution in [0.25, 0.3) is 0 Å². The number of benzene rings is 2. The van der Waals surface area contributed by atoms with E-state index in [1.807, 2.05) is 25.1 Å². The van der Waals surface area contributed by atoms with Crippen LogP contribution in [-0.2, 0) is 0 Å². The zero-order valence-electron chi connectivity index (χ0n) is 10.4. The second kappa shape index (κ2) is 5.76. The van der Waals surface area contributed by atoms with E-state index >= 15 is 0 Å². The summed E-state index contributed by atoms with van der Waals surface area (Å²) in [5, 5.41) is 12.2. The highest BCUT2D eigenvalue weighted by molar-refractivity contribution is 6.21. The quantitative estimate of drug-likeness (QED) is 0.834. The van der Waals surface area contributed by atoms with Crippen LogP contribution in [0, 0.1) is 0 Å². The molecule has 1 atom stereocenters. The molecule has 19 heavy (non-hydrogen) atoms. The molecule has 0 aliphatic carbocycles. The van der Waals surface area contributed by atoms with Gasteiger partial charge in [-0.3, -0.25) is 4.79 Å². The van der Waals surface area contributed by atoms with Crippen molar-refractivity contribution < 1.29 is 9.90 Å². The van der Waals surface area contributed by atoms with Crippen LogP contribution < -0.4 is 5.32 Å². The molecule has 98 valence electrons. The fraction of sp³-hybridized carbons (Fsp3) is 0.133. The van der Waals surface area contributed by atoms with Gasteiger partial charge in [0.15, 0.2) is 0 Å². The van der Waals surface area contributed by atoms with Crippen molar-refractivity contribution in [2.24, 2.45) is 0 Å². The molecule has 2 rings (SSSR count). The molecule has 0 heterocycles. The average Bonchev–Trinajstić information content (AvgIpc) is 2.39. The molecule has 0 aliphatic rings. The maximum Gasteiger partial charge on any atom is 0.259 e. The van der Waals surface area contributed by atoms with Gasteiger partial charge in [-0.25, -0.2) is 0 Å². The van der Waals surface area contributed by atoms with Gasteiger partial charge in [0.2, 0.25) is 0 Å². The third-order valence-corrected chi connectivity index (χ3v) is 3.02. The maximum atomic E-state index is 12.1. The van der Waals surface area contributed by atoms with Gasteiger partial charge in [-0.2, -0.15) is 0 Å². The Hall–Kier alpha value is -2.00. The van der Waals surface area contributed by atoms with Crippen molar-refractivity contribution in [1.82, 2.24) is 0 Å². The lowest BCUT2D eigenvalue weighted by atomic mass is 10.1. The van der Waals surface area contributed by atoms with E-state index in [-0.39, 0.29) is 22.6 Å². The smallest absolute Gasteiger partial charge is 0.259 e. The van der Waals surface area contributed by atoms with Crippen LogP contribution >= 0.6 is 11.6 Å². The van der Waals surface area contributed by atoms with E-state index in [9.17, 15) is 9.90 Å². The number of phenolic OH excluding ortho intramolecular Hbond substituents is 1. The van der Waals surface area contributed by atoms with Gasteiger partial charge in [0.25, 0.3) is 5.91 Å². The van der Waals surface area contributed by atoms with E-state index in [1.165, 1.54) is 6.07 Å². The fourth-order valence-electron chi connectivity index (χ4n) is 1.81. The Morgan fingerprint density at radius 1 is 1.16 bits per heavy atom. The SMILES string of the molecule is CC(Cl)c1ccccc1NC(=O)c1ccccc1O. The lowest BCUT2D eigenvalue weighted by molar-refractivity contribution is 0.102. The molecule has 0 spiro atoms. The van der Waals surface area contributed by atoms with E-state index < -0.39 is 0 Å². The van der Waals surface area contributed by atoms with Gasteiger partial charge >= 0.3 is 0 Å². The van der Waals surface area contributed by atoms with Gasteiger partial charge in [0, 0.05) is 5.69 Å². The summed E-state index contributed by atoms with van der Waals surface area (Å²) in [6.07, 6.45) is 0. The number of hydrogen-bond acceptors (Lipinski definition) is 2. The van der Waals surface area contributed by atoms with Crippen LogP contribution in [0.1, 0.15) is 28.2 Å². The molecule has 3 nitrogen and oxygen atoms in total. The minimum atomic E-state index is -0.358. The molecule has 0 bridgehead atoms. The molecule has 0 radical (unpaired) electrons. The monoisotopic (exact) mass is 275 g/mol. The summed E-state index contributed by atoms with van der Waals surface area (Å²) in [5.41, 5.74) is 1.73. The zero-order chi connectivity index (χ0) is 13.8. The third kappa shape index (κ3) is 3.06. The molecule has 1 unspecified atom stereocenters. The summed E-state index contributed by atoms with van der Waals surface area (Å²) in [5.74, 6) is -0.403. The zero-order valence-corrected chi connectivity index (χ0v) is 11.2. The normalized spacial score (nSPS) is 11.9. The molecule has 4 heteroatoms. The Kier molecular flexibility index (Phi) is 4.07. The number of aromatic hydroxyl groups is 1. The van der Waals surface area contributed by atoms with Crippen molar-refractivity contribution in [2.75, 3.05) is 5.32 Å². The van der Waals surface area contributed by atoms with Crippen LogP contribution in [0.3, 0.4) is 0 Å². The molecule has 0 fully saturated rings. The van der Waals surface area contributed by atoms with Gasteiger partial charge in [-0.15, -0.1) is 11.6 Å². The van der Waals surface area contributed by atoms with Gasteiger partial charge in [0.05, 0.1) is 10.9 Å². The highest BCUT2D eigenvalue weighted by Gasteiger charge is 2.13. The van der Waals surface area contributed by atoms with Crippen LogP contribution in [-0.4, -0.2) is 11.0 Å². The second-order valence-electron chi connectivity index (χ2n) is 4.17. The Bertz CT molecular complexity index is 596. The lowest BCUT2D eigenvalue weighted by Crippen LogP contribution is -2.13. The van der Waals surface area contributed by atoms with E-state index in [4.69, 9.17) is 11.6 Å². The molecular formula is C15H14ClNO2. The molecule has 2 aromatic rings. The number of carbonyl (C=O) groups excluding carboxylic acids is 1. The Balaban J connectivity index is 2.27. The number of anilines is 1. The first-order valence-corrected chi connectivity index (χ1v) is 6.35. The lowest BCUT2D eigenvalue weighted by Gasteiger charge is -2.12. The fourth-order valence-corrected chi connectivity index (χ4v) is 2.00. The molecule has 0 aliphatic heterocycles. The van der Waals surface area contributed by atoms with E-state index in [0.717, 1.165) is 5.56 Å². The maximum absolute atomic E-state index is 12.1. The summed E-state index contributed by atoms with van der Waals surface area (Å²) in [6, 6.07) is 13.7. The number of hydrogen-bond donors (Lipinski definition) is 2. The number of para-hydroxylation sites is 2. The van der Waals surface area contributed by atoms with Crippen molar-refractivity contribution in [3.63, 3.8) is 0 Å².